The SMILES string of the molecule is CCCNCC1CCC1N1CCN2CCCC2C1. The molecular weight excluding hydrogens is 222 g/mol. The average Bonchev–Trinajstić information content (AvgIpc) is 2.80. The number of hydrogen-bond donors (Lipinski definition) is 1. The summed E-state index contributed by atoms with van der Waals surface area (Å²) in [5, 5.41) is 3.62. The first-order valence-corrected chi connectivity index (χ1v) is 8.07. The van der Waals surface area contributed by atoms with E-state index in [0.29, 0.717) is 0 Å². The second-order valence-corrected chi connectivity index (χ2v) is 6.44. The molecule has 3 atom stereocenters. The highest BCUT2D eigenvalue weighted by Gasteiger charge is 2.39. The van der Waals surface area contributed by atoms with Crippen LogP contribution in [0.15, 0.2) is 0 Å². The molecule has 0 bridgehead atoms. The zero-order valence-electron chi connectivity index (χ0n) is 11.9. The normalized spacial score (nSPS) is 37.5. The van der Waals surface area contributed by atoms with Gasteiger partial charge in [0.2, 0.25) is 0 Å². The highest BCUT2D eigenvalue weighted by Crippen LogP contribution is 2.34. The van der Waals surface area contributed by atoms with Crippen molar-refractivity contribution in [2.45, 2.75) is 51.1 Å². The maximum absolute atomic E-state index is 3.62. The molecule has 0 aromatic heterocycles. The van der Waals surface area contributed by atoms with Gasteiger partial charge >= 0.3 is 0 Å². The Hall–Kier alpha value is -0.120. The molecule has 0 amide bonds. The molecule has 1 saturated carbocycles. The summed E-state index contributed by atoms with van der Waals surface area (Å²) < 4.78 is 0. The molecule has 3 heteroatoms. The highest BCUT2D eigenvalue weighted by atomic mass is 15.3. The molecule has 104 valence electrons. The predicted octanol–water partition coefficient (Wildman–Crippen LogP) is 1.54. The van der Waals surface area contributed by atoms with E-state index in [1.165, 1.54) is 71.4 Å². The van der Waals surface area contributed by atoms with E-state index in [0.717, 1.165) is 18.0 Å². The van der Waals surface area contributed by atoms with Crippen LogP contribution in [0.2, 0.25) is 0 Å². The van der Waals surface area contributed by atoms with Crippen LogP contribution in [0.3, 0.4) is 0 Å². The predicted molar refractivity (Wildman–Crippen MR) is 75.8 cm³/mol. The molecule has 3 unspecified atom stereocenters. The van der Waals surface area contributed by atoms with Crippen LogP contribution in [0, 0.1) is 5.92 Å². The fourth-order valence-electron chi connectivity index (χ4n) is 4.05. The maximum Gasteiger partial charge on any atom is 0.0224 e. The molecule has 3 aliphatic rings. The van der Waals surface area contributed by atoms with Gasteiger partial charge in [0, 0.05) is 31.7 Å². The van der Waals surface area contributed by atoms with Crippen LogP contribution in [0.1, 0.15) is 39.0 Å². The topological polar surface area (TPSA) is 18.5 Å². The first-order valence-electron chi connectivity index (χ1n) is 8.07. The second kappa shape index (κ2) is 5.89. The largest absolute Gasteiger partial charge is 0.316 e. The number of nitrogens with zero attached hydrogens (tertiary/aromatic N) is 2. The molecule has 3 fully saturated rings. The van der Waals surface area contributed by atoms with Gasteiger partial charge in [-0.15, -0.1) is 0 Å². The number of fused-ring (bicyclic) bond motifs is 1. The van der Waals surface area contributed by atoms with Gasteiger partial charge in [0.25, 0.3) is 0 Å². The molecule has 0 spiro atoms. The minimum atomic E-state index is 0.892. The summed E-state index contributed by atoms with van der Waals surface area (Å²) in [6.07, 6.45) is 7.04. The van der Waals surface area contributed by atoms with E-state index >= 15 is 0 Å². The summed E-state index contributed by atoms with van der Waals surface area (Å²) in [7, 11) is 0. The summed E-state index contributed by atoms with van der Waals surface area (Å²) in [6, 6.07) is 1.79. The van der Waals surface area contributed by atoms with Gasteiger partial charge in [-0.3, -0.25) is 9.80 Å². The fraction of sp³-hybridized carbons (Fsp3) is 1.00. The Labute approximate surface area is 112 Å². The maximum atomic E-state index is 3.62. The van der Waals surface area contributed by atoms with E-state index in [-0.39, 0.29) is 0 Å². The summed E-state index contributed by atoms with van der Waals surface area (Å²) >= 11 is 0. The molecule has 2 aliphatic heterocycles. The van der Waals surface area contributed by atoms with Gasteiger partial charge < -0.3 is 5.32 Å². The van der Waals surface area contributed by atoms with Crippen LogP contribution in [0.4, 0.5) is 0 Å². The van der Waals surface area contributed by atoms with Crippen LogP contribution in [-0.2, 0) is 0 Å². The van der Waals surface area contributed by atoms with Gasteiger partial charge in [-0.2, -0.15) is 0 Å². The Morgan fingerprint density at radius 1 is 1.06 bits per heavy atom. The lowest BCUT2D eigenvalue weighted by molar-refractivity contribution is 0.00656. The zero-order chi connectivity index (χ0) is 12.4. The lowest BCUT2D eigenvalue weighted by atomic mass is 9.78. The molecule has 2 saturated heterocycles. The first-order chi connectivity index (χ1) is 8.88. The smallest absolute Gasteiger partial charge is 0.0224 e. The molecule has 3 nitrogen and oxygen atoms in total. The van der Waals surface area contributed by atoms with Crippen molar-refractivity contribution in [2.24, 2.45) is 5.92 Å². The van der Waals surface area contributed by atoms with Crippen LogP contribution in [0.5, 0.6) is 0 Å². The number of piperazine rings is 1. The minimum absolute atomic E-state index is 0.892. The van der Waals surface area contributed by atoms with Crippen molar-refractivity contribution >= 4 is 0 Å². The lowest BCUT2D eigenvalue weighted by Crippen LogP contribution is -2.58. The zero-order valence-corrected chi connectivity index (χ0v) is 11.9. The van der Waals surface area contributed by atoms with E-state index in [1.807, 2.05) is 0 Å². The van der Waals surface area contributed by atoms with E-state index in [4.69, 9.17) is 0 Å². The van der Waals surface area contributed by atoms with E-state index in [9.17, 15) is 0 Å². The van der Waals surface area contributed by atoms with Crippen molar-refractivity contribution in [3.8, 4) is 0 Å². The highest BCUT2D eigenvalue weighted by molar-refractivity contribution is 4.95. The number of hydrogen-bond acceptors (Lipinski definition) is 3. The van der Waals surface area contributed by atoms with Gasteiger partial charge in [0.05, 0.1) is 0 Å². The van der Waals surface area contributed by atoms with Crippen LogP contribution < -0.4 is 5.32 Å². The third-order valence-electron chi connectivity index (χ3n) is 5.30. The quantitative estimate of drug-likeness (QED) is 0.748. The van der Waals surface area contributed by atoms with Gasteiger partial charge in [-0.1, -0.05) is 6.92 Å². The van der Waals surface area contributed by atoms with Crippen molar-refractivity contribution in [3.63, 3.8) is 0 Å². The Morgan fingerprint density at radius 3 is 2.72 bits per heavy atom. The van der Waals surface area contributed by atoms with E-state index in [1.54, 1.807) is 0 Å². The van der Waals surface area contributed by atoms with Gasteiger partial charge in [0.1, 0.15) is 0 Å². The average molecular weight is 251 g/mol. The van der Waals surface area contributed by atoms with Gasteiger partial charge in [-0.05, 0) is 57.7 Å². The standard InChI is InChI=1S/C15H29N3/c1-2-7-16-11-13-5-6-15(13)18-10-9-17-8-3-4-14(17)12-18/h13-16H,2-12H2,1H3. The van der Waals surface area contributed by atoms with Crippen molar-refractivity contribution in [1.29, 1.82) is 0 Å². The van der Waals surface area contributed by atoms with Crippen LogP contribution in [0.25, 0.3) is 0 Å². The summed E-state index contributed by atoms with van der Waals surface area (Å²) in [5.41, 5.74) is 0. The minimum Gasteiger partial charge on any atom is -0.316 e. The third kappa shape index (κ3) is 2.59. The molecule has 0 radical (unpaired) electrons. The third-order valence-corrected chi connectivity index (χ3v) is 5.30. The Kier molecular flexibility index (Phi) is 4.22. The van der Waals surface area contributed by atoms with Crippen molar-refractivity contribution in [3.05, 3.63) is 0 Å². The molecule has 3 rings (SSSR count). The summed E-state index contributed by atoms with van der Waals surface area (Å²) in [5.74, 6) is 0.935. The molecular formula is C15H29N3. The molecule has 18 heavy (non-hydrogen) atoms. The first kappa shape index (κ1) is 12.9. The molecule has 1 aliphatic carbocycles. The Bertz CT molecular complexity index is 268. The molecule has 2 heterocycles. The van der Waals surface area contributed by atoms with Crippen molar-refractivity contribution in [2.75, 3.05) is 39.3 Å². The Balaban J connectivity index is 1.46. The molecule has 1 N–H and O–H groups in total. The van der Waals surface area contributed by atoms with Crippen LogP contribution in [-0.4, -0.2) is 61.2 Å². The monoisotopic (exact) mass is 251 g/mol. The summed E-state index contributed by atoms with van der Waals surface area (Å²) in [4.78, 5) is 5.54. The van der Waals surface area contributed by atoms with E-state index in [2.05, 4.69) is 22.0 Å². The number of rotatable bonds is 5. The van der Waals surface area contributed by atoms with E-state index < -0.39 is 0 Å². The van der Waals surface area contributed by atoms with Crippen molar-refractivity contribution in [1.82, 2.24) is 15.1 Å². The van der Waals surface area contributed by atoms with Crippen molar-refractivity contribution < 1.29 is 0 Å². The van der Waals surface area contributed by atoms with Gasteiger partial charge in [-0.25, -0.2) is 0 Å². The van der Waals surface area contributed by atoms with Crippen LogP contribution >= 0.6 is 0 Å². The lowest BCUT2D eigenvalue weighted by Gasteiger charge is -2.49. The molecule has 0 aromatic carbocycles. The molecule has 0 aromatic rings. The fourth-order valence-corrected chi connectivity index (χ4v) is 4.05. The Morgan fingerprint density at radius 2 is 1.94 bits per heavy atom. The van der Waals surface area contributed by atoms with Gasteiger partial charge in [0.15, 0.2) is 0 Å². The summed E-state index contributed by atoms with van der Waals surface area (Å²) in [6.45, 7) is 10.1. The second-order valence-electron chi connectivity index (χ2n) is 6.44. The number of nitrogens with one attached hydrogen (secondary N) is 1.